The number of hydrogen-bond acceptors (Lipinski definition) is 5. The SMILES string of the molecule is COC(=O)C(NC(=O)NC(=O)C(C)=C(C)C(=O)O)C(C)C. The first-order chi connectivity index (χ1) is 9.61. The Morgan fingerprint density at radius 1 is 1.05 bits per heavy atom. The van der Waals surface area contributed by atoms with Crippen molar-refractivity contribution in [2.75, 3.05) is 7.11 Å². The molecule has 0 aromatic heterocycles. The summed E-state index contributed by atoms with van der Waals surface area (Å²) in [5.41, 5.74) is -0.273. The normalized spacial score (nSPS) is 13.0. The molecule has 0 aliphatic heterocycles. The standard InChI is InChI=1S/C13H20N2O6/c1-6(2)9(12(19)21-5)14-13(20)15-10(16)7(3)8(4)11(17)18/h6,9H,1-5H3,(H,17,18)(H2,14,15,16,20). The molecule has 0 heterocycles. The van der Waals surface area contributed by atoms with Gasteiger partial charge in [-0.2, -0.15) is 0 Å². The lowest BCUT2D eigenvalue weighted by molar-refractivity contribution is -0.144. The van der Waals surface area contributed by atoms with Crippen LogP contribution in [-0.4, -0.2) is 42.1 Å². The summed E-state index contributed by atoms with van der Waals surface area (Å²) in [7, 11) is 1.19. The van der Waals surface area contributed by atoms with Crippen molar-refractivity contribution in [1.29, 1.82) is 0 Å². The molecule has 0 fully saturated rings. The first-order valence-electron chi connectivity index (χ1n) is 6.22. The Hall–Kier alpha value is -2.38. The molecule has 0 aliphatic rings. The van der Waals surface area contributed by atoms with Gasteiger partial charge in [-0.1, -0.05) is 13.8 Å². The molecular formula is C13H20N2O6. The van der Waals surface area contributed by atoms with Gasteiger partial charge in [0.15, 0.2) is 0 Å². The van der Waals surface area contributed by atoms with E-state index >= 15 is 0 Å². The molecule has 1 unspecified atom stereocenters. The molecule has 8 nitrogen and oxygen atoms in total. The molecule has 1 atom stereocenters. The van der Waals surface area contributed by atoms with Crippen LogP contribution < -0.4 is 10.6 Å². The average molecular weight is 300 g/mol. The fraction of sp³-hybridized carbons (Fsp3) is 0.538. The summed E-state index contributed by atoms with van der Waals surface area (Å²) >= 11 is 0. The highest BCUT2D eigenvalue weighted by Gasteiger charge is 2.26. The molecular weight excluding hydrogens is 280 g/mol. The van der Waals surface area contributed by atoms with Crippen LogP contribution in [0.4, 0.5) is 4.79 Å². The van der Waals surface area contributed by atoms with Gasteiger partial charge in [-0.05, 0) is 19.8 Å². The van der Waals surface area contributed by atoms with Gasteiger partial charge in [-0.25, -0.2) is 14.4 Å². The number of urea groups is 1. The van der Waals surface area contributed by atoms with E-state index in [1.54, 1.807) is 13.8 Å². The minimum absolute atomic E-state index is 0.100. The van der Waals surface area contributed by atoms with Gasteiger partial charge in [0.1, 0.15) is 6.04 Å². The number of amides is 3. The Morgan fingerprint density at radius 3 is 1.95 bits per heavy atom. The van der Waals surface area contributed by atoms with Gasteiger partial charge in [0, 0.05) is 11.1 Å². The van der Waals surface area contributed by atoms with Crippen molar-refractivity contribution in [3.63, 3.8) is 0 Å². The van der Waals surface area contributed by atoms with Gasteiger partial charge in [-0.15, -0.1) is 0 Å². The van der Waals surface area contributed by atoms with Crippen molar-refractivity contribution in [3.8, 4) is 0 Å². The Bertz CT molecular complexity index is 481. The van der Waals surface area contributed by atoms with E-state index in [1.165, 1.54) is 21.0 Å². The number of hydrogen-bond donors (Lipinski definition) is 3. The Labute approximate surface area is 122 Å². The highest BCUT2D eigenvalue weighted by molar-refractivity contribution is 6.07. The first kappa shape index (κ1) is 18.6. The average Bonchev–Trinajstić information content (AvgIpc) is 2.41. The van der Waals surface area contributed by atoms with E-state index in [2.05, 4.69) is 10.1 Å². The summed E-state index contributed by atoms with van der Waals surface area (Å²) in [5, 5.41) is 13.0. The molecule has 0 saturated heterocycles. The van der Waals surface area contributed by atoms with Crippen LogP contribution in [0.5, 0.6) is 0 Å². The number of rotatable bonds is 5. The quantitative estimate of drug-likeness (QED) is 0.500. The first-order valence-corrected chi connectivity index (χ1v) is 6.22. The molecule has 118 valence electrons. The van der Waals surface area contributed by atoms with Crippen LogP contribution in [0.3, 0.4) is 0 Å². The molecule has 3 amide bonds. The van der Waals surface area contributed by atoms with Crippen LogP contribution in [-0.2, 0) is 19.1 Å². The number of imide groups is 1. The van der Waals surface area contributed by atoms with E-state index in [4.69, 9.17) is 5.11 Å². The fourth-order valence-electron chi connectivity index (χ4n) is 1.33. The molecule has 0 saturated carbocycles. The third kappa shape index (κ3) is 5.64. The van der Waals surface area contributed by atoms with Crippen LogP contribution in [0.25, 0.3) is 0 Å². The summed E-state index contributed by atoms with van der Waals surface area (Å²) in [5.74, 6) is -2.98. The maximum absolute atomic E-state index is 11.7. The molecule has 0 spiro atoms. The zero-order valence-electron chi connectivity index (χ0n) is 12.6. The number of carboxylic acids is 1. The summed E-state index contributed by atoms with van der Waals surface area (Å²) in [6.45, 7) is 5.93. The summed E-state index contributed by atoms with van der Waals surface area (Å²) < 4.78 is 4.54. The molecule has 0 aliphatic carbocycles. The van der Waals surface area contributed by atoms with Gasteiger partial charge in [-0.3, -0.25) is 10.1 Å². The van der Waals surface area contributed by atoms with Crippen molar-refractivity contribution in [3.05, 3.63) is 11.1 Å². The maximum Gasteiger partial charge on any atom is 0.331 e. The lowest BCUT2D eigenvalue weighted by atomic mass is 10.1. The topological polar surface area (TPSA) is 122 Å². The highest BCUT2D eigenvalue weighted by atomic mass is 16.5. The van der Waals surface area contributed by atoms with E-state index in [9.17, 15) is 19.2 Å². The Kier molecular flexibility index (Phi) is 7.12. The van der Waals surface area contributed by atoms with Gasteiger partial charge in [0.2, 0.25) is 0 Å². The van der Waals surface area contributed by atoms with Crippen LogP contribution in [0.15, 0.2) is 11.1 Å². The molecule has 3 N–H and O–H groups in total. The third-order valence-electron chi connectivity index (χ3n) is 2.86. The number of methoxy groups -OCH3 is 1. The highest BCUT2D eigenvalue weighted by Crippen LogP contribution is 2.05. The van der Waals surface area contributed by atoms with Crippen molar-refractivity contribution < 1.29 is 29.0 Å². The van der Waals surface area contributed by atoms with Crippen molar-refractivity contribution in [1.82, 2.24) is 10.6 Å². The zero-order chi connectivity index (χ0) is 16.7. The van der Waals surface area contributed by atoms with E-state index in [0.29, 0.717) is 0 Å². The molecule has 0 aromatic carbocycles. The number of esters is 1. The monoisotopic (exact) mass is 300 g/mol. The summed E-state index contributed by atoms with van der Waals surface area (Å²) in [6, 6.07) is -1.81. The Morgan fingerprint density at radius 2 is 1.57 bits per heavy atom. The fourth-order valence-corrected chi connectivity index (χ4v) is 1.33. The lowest BCUT2D eigenvalue weighted by Crippen LogP contribution is -2.50. The molecule has 0 radical (unpaired) electrons. The van der Waals surface area contributed by atoms with E-state index in [-0.39, 0.29) is 17.1 Å². The predicted octanol–water partition coefficient (Wildman–Crippen LogP) is 0.431. The number of aliphatic carboxylic acids is 1. The maximum atomic E-state index is 11.7. The number of carboxylic acid groups (broad SMARTS) is 1. The smallest absolute Gasteiger partial charge is 0.331 e. The van der Waals surface area contributed by atoms with Crippen molar-refractivity contribution in [2.45, 2.75) is 33.7 Å². The summed E-state index contributed by atoms with van der Waals surface area (Å²) in [6.07, 6.45) is 0. The van der Waals surface area contributed by atoms with Crippen LogP contribution >= 0.6 is 0 Å². The predicted molar refractivity (Wildman–Crippen MR) is 73.3 cm³/mol. The van der Waals surface area contributed by atoms with Crippen molar-refractivity contribution in [2.24, 2.45) is 5.92 Å². The van der Waals surface area contributed by atoms with Gasteiger partial charge in [0.25, 0.3) is 5.91 Å². The summed E-state index contributed by atoms with van der Waals surface area (Å²) in [4.78, 5) is 45.5. The molecule has 21 heavy (non-hydrogen) atoms. The Balaban J connectivity index is 4.84. The van der Waals surface area contributed by atoms with Crippen LogP contribution in [0.1, 0.15) is 27.7 Å². The zero-order valence-corrected chi connectivity index (χ0v) is 12.6. The second kappa shape index (κ2) is 8.03. The van der Waals surface area contributed by atoms with Gasteiger partial charge >= 0.3 is 18.0 Å². The van der Waals surface area contributed by atoms with Crippen molar-refractivity contribution >= 4 is 23.9 Å². The molecule has 0 bridgehead atoms. The number of ether oxygens (including phenoxy) is 1. The van der Waals surface area contributed by atoms with Crippen LogP contribution in [0, 0.1) is 5.92 Å². The van der Waals surface area contributed by atoms with E-state index in [1.807, 2.05) is 5.32 Å². The third-order valence-corrected chi connectivity index (χ3v) is 2.86. The second-order valence-corrected chi connectivity index (χ2v) is 4.73. The number of nitrogens with one attached hydrogen (secondary N) is 2. The van der Waals surface area contributed by atoms with Gasteiger partial charge < -0.3 is 15.2 Å². The minimum atomic E-state index is -1.25. The molecule has 8 heteroatoms. The number of carbonyl (C=O) groups is 4. The van der Waals surface area contributed by atoms with E-state index in [0.717, 1.165) is 0 Å². The van der Waals surface area contributed by atoms with Crippen LogP contribution in [0.2, 0.25) is 0 Å². The van der Waals surface area contributed by atoms with E-state index < -0.39 is 29.9 Å². The lowest BCUT2D eigenvalue weighted by Gasteiger charge is -2.19. The minimum Gasteiger partial charge on any atom is -0.478 e. The largest absolute Gasteiger partial charge is 0.478 e. The molecule has 0 rings (SSSR count). The second-order valence-electron chi connectivity index (χ2n) is 4.73. The molecule has 0 aromatic rings. The van der Waals surface area contributed by atoms with Gasteiger partial charge in [0.05, 0.1) is 7.11 Å². The number of carbonyl (C=O) groups excluding carboxylic acids is 3.